The molecule has 1 N–H and O–H groups in total. The summed E-state index contributed by atoms with van der Waals surface area (Å²) in [6.07, 6.45) is 5.69. The number of amides is 1. The molecule has 5 rings (SSSR count). The highest BCUT2D eigenvalue weighted by molar-refractivity contribution is 7.14. The molecular formula is C24H19N5OS2. The van der Waals surface area contributed by atoms with Crippen molar-refractivity contribution in [2.45, 2.75) is 13.0 Å². The average Bonchev–Trinajstić information content (AvgIpc) is 3.59. The van der Waals surface area contributed by atoms with Crippen LogP contribution in [0.15, 0.2) is 83.3 Å². The fraction of sp³-hybridized carbons (Fsp3) is 0.0833. The van der Waals surface area contributed by atoms with Crippen molar-refractivity contribution in [1.29, 1.82) is 0 Å². The highest BCUT2D eigenvalue weighted by Crippen LogP contribution is 2.26. The van der Waals surface area contributed by atoms with Gasteiger partial charge in [0.05, 0.1) is 23.5 Å². The van der Waals surface area contributed by atoms with Crippen LogP contribution >= 0.6 is 22.7 Å². The molecule has 0 aliphatic heterocycles. The quantitative estimate of drug-likeness (QED) is 0.374. The number of nitrogens with one attached hydrogen (secondary N) is 1. The summed E-state index contributed by atoms with van der Waals surface area (Å²) < 4.78 is 1.84. The molecule has 6 nitrogen and oxygen atoms in total. The van der Waals surface area contributed by atoms with E-state index in [1.54, 1.807) is 35.1 Å². The zero-order valence-corrected chi connectivity index (χ0v) is 18.6. The number of rotatable bonds is 7. The molecule has 0 atom stereocenters. The van der Waals surface area contributed by atoms with Gasteiger partial charge in [0, 0.05) is 52.6 Å². The molecule has 32 heavy (non-hydrogen) atoms. The number of para-hydroxylation sites is 1. The number of carbonyl (C=O) groups excluding carboxylic acids is 1. The molecule has 158 valence electrons. The van der Waals surface area contributed by atoms with Gasteiger partial charge >= 0.3 is 0 Å². The summed E-state index contributed by atoms with van der Waals surface area (Å²) in [5.41, 5.74) is 5.56. The SMILES string of the molecule is O=C(Cc1csc(-c2ccsc2)n1)NCc1cn(-c2ccccc2)nc1-c1ccncc1. The molecule has 0 bridgehead atoms. The van der Waals surface area contributed by atoms with Crippen LogP contribution in [0.1, 0.15) is 11.3 Å². The van der Waals surface area contributed by atoms with E-state index in [4.69, 9.17) is 5.10 Å². The van der Waals surface area contributed by atoms with E-state index in [0.717, 1.165) is 38.8 Å². The summed E-state index contributed by atoms with van der Waals surface area (Å²) in [4.78, 5) is 21.3. The maximum atomic E-state index is 12.6. The molecule has 0 saturated carbocycles. The summed E-state index contributed by atoms with van der Waals surface area (Å²) in [5.74, 6) is -0.0692. The molecule has 1 aromatic carbocycles. The molecule has 0 unspecified atom stereocenters. The van der Waals surface area contributed by atoms with E-state index in [2.05, 4.69) is 20.7 Å². The van der Waals surface area contributed by atoms with Gasteiger partial charge in [0.25, 0.3) is 0 Å². The van der Waals surface area contributed by atoms with E-state index in [1.165, 1.54) is 0 Å². The Labute approximate surface area is 193 Å². The molecule has 0 aliphatic rings. The van der Waals surface area contributed by atoms with E-state index in [9.17, 15) is 4.79 Å². The molecule has 5 aromatic rings. The number of thiophene rings is 1. The number of thiazole rings is 1. The maximum absolute atomic E-state index is 12.6. The third-order valence-corrected chi connectivity index (χ3v) is 6.53. The summed E-state index contributed by atoms with van der Waals surface area (Å²) >= 11 is 3.20. The molecule has 4 aromatic heterocycles. The summed E-state index contributed by atoms with van der Waals surface area (Å²) in [7, 11) is 0. The molecule has 0 spiro atoms. The topological polar surface area (TPSA) is 72.7 Å². The third-order valence-electron chi connectivity index (χ3n) is 4.90. The van der Waals surface area contributed by atoms with Gasteiger partial charge in [0.2, 0.25) is 5.91 Å². The lowest BCUT2D eigenvalue weighted by Crippen LogP contribution is -2.24. The lowest BCUT2D eigenvalue weighted by molar-refractivity contribution is -0.120. The van der Waals surface area contributed by atoms with Gasteiger partial charge in [0.15, 0.2) is 0 Å². The number of hydrogen-bond donors (Lipinski definition) is 1. The van der Waals surface area contributed by atoms with E-state index < -0.39 is 0 Å². The van der Waals surface area contributed by atoms with Crippen molar-refractivity contribution in [2.24, 2.45) is 0 Å². The van der Waals surface area contributed by atoms with Crippen LogP contribution in [0.3, 0.4) is 0 Å². The Morgan fingerprint density at radius 1 is 1.00 bits per heavy atom. The lowest BCUT2D eigenvalue weighted by atomic mass is 10.1. The molecule has 0 fully saturated rings. The van der Waals surface area contributed by atoms with Gasteiger partial charge in [-0.25, -0.2) is 9.67 Å². The minimum absolute atomic E-state index is 0.0692. The zero-order valence-electron chi connectivity index (χ0n) is 17.0. The minimum Gasteiger partial charge on any atom is -0.352 e. The second kappa shape index (κ2) is 9.25. The Morgan fingerprint density at radius 3 is 2.62 bits per heavy atom. The largest absolute Gasteiger partial charge is 0.352 e. The third kappa shape index (κ3) is 4.51. The van der Waals surface area contributed by atoms with Crippen molar-refractivity contribution >= 4 is 28.6 Å². The maximum Gasteiger partial charge on any atom is 0.226 e. The van der Waals surface area contributed by atoms with Crippen LogP contribution in [0.4, 0.5) is 0 Å². The number of benzene rings is 1. The fourth-order valence-corrected chi connectivity index (χ4v) is 4.86. The van der Waals surface area contributed by atoms with Gasteiger partial charge < -0.3 is 5.32 Å². The molecule has 0 aliphatic carbocycles. The minimum atomic E-state index is -0.0692. The van der Waals surface area contributed by atoms with Crippen LogP contribution in [0.2, 0.25) is 0 Å². The van der Waals surface area contributed by atoms with E-state index in [0.29, 0.717) is 6.54 Å². The Bertz CT molecular complexity index is 1310. The van der Waals surface area contributed by atoms with Crippen molar-refractivity contribution in [1.82, 2.24) is 25.1 Å². The van der Waals surface area contributed by atoms with E-state index in [-0.39, 0.29) is 12.3 Å². The molecular weight excluding hydrogens is 438 g/mol. The number of nitrogens with zero attached hydrogens (tertiary/aromatic N) is 4. The number of aromatic nitrogens is 4. The highest BCUT2D eigenvalue weighted by Gasteiger charge is 2.14. The van der Waals surface area contributed by atoms with Crippen molar-refractivity contribution in [3.63, 3.8) is 0 Å². The van der Waals surface area contributed by atoms with Crippen molar-refractivity contribution in [2.75, 3.05) is 0 Å². The van der Waals surface area contributed by atoms with Gasteiger partial charge in [-0.2, -0.15) is 16.4 Å². The van der Waals surface area contributed by atoms with E-state index >= 15 is 0 Å². The molecule has 0 radical (unpaired) electrons. The Morgan fingerprint density at radius 2 is 1.84 bits per heavy atom. The van der Waals surface area contributed by atoms with Crippen molar-refractivity contribution < 1.29 is 4.79 Å². The van der Waals surface area contributed by atoms with Crippen LogP contribution in [0.5, 0.6) is 0 Å². The van der Waals surface area contributed by atoms with Crippen LogP contribution in [0.25, 0.3) is 27.5 Å². The highest BCUT2D eigenvalue weighted by atomic mass is 32.1. The van der Waals surface area contributed by atoms with Gasteiger partial charge in [-0.1, -0.05) is 18.2 Å². The van der Waals surface area contributed by atoms with Crippen molar-refractivity contribution in [3.05, 3.63) is 94.5 Å². The van der Waals surface area contributed by atoms with Crippen LogP contribution in [-0.4, -0.2) is 25.7 Å². The Kier molecular flexibility index (Phi) is 5.87. The van der Waals surface area contributed by atoms with Crippen molar-refractivity contribution in [3.8, 4) is 27.5 Å². The monoisotopic (exact) mass is 457 g/mol. The first-order valence-electron chi connectivity index (χ1n) is 10.0. The van der Waals surface area contributed by atoms with Gasteiger partial charge in [-0.3, -0.25) is 9.78 Å². The number of pyridine rings is 1. The van der Waals surface area contributed by atoms with Gasteiger partial charge in [0.1, 0.15) is 5.01 Å². The van der Waals surface area contributed by atoms with Crippen LogP contribution in [0, 0.1) is 0 Å². The lowest BCUT2D eigenvalue weighted by Gasteiger charge is -2.05. The fourth-order valence-electron chi connectivity index (χ4n) is 3.33. The molecule has 8 heteroatoms. The standard InChI is InChI=1S/C24H19N5OS2/c30-22(12-20-16-32-24(27-20)18-8-11-31-15-18)26-13-19-14-29(21-4-2-1-3-5-21)28-23(19)17-6-9-25-10-7-17/h1-11,14-16H,12-13H2,(H,26,30). The second-order valence-electron chi connectivity index (χ2n) is 7.13. The molecule has 0 saturated heterocycles. The smallest absolute Gasteiger partial charge is 0.226 e. The molecule has 1 amide bonds. The normalized spacial score (nSPS) is 10.9. The first-order chi connectivity index (χ1) is 15.8. The van der Waals surface area contributed by atoms with Gasteiger partial charge in [-0.05, 0) is 35.7 Å². The number of carbonyl (C=O) groups is 1. The Hall–Kier alpha value is -3.62. The average molecular weight is 458 g/mol. The summed E-state index contributed by atoms with van der Waals surface area (Å²) in [5, 5.41) is 14.8. The molecule has 4 heterocycles. The Balaban J connectivity index is 1.32. The van der Waals surface area contributed by atoms with Crippen LogP contribution < -0.4 is 5.32 Å². The predicted molar refractivity (Wildman–Crippen MR) is 128 cm³/mol. The summed E-state index contributed by atoms with van der Waals surface area (Å²) in [6.45, 7) is 0.380. The van der Waals surface area contributed by atoms with Crippen LogP contribution in [-0.2, 0) is 17.8 Å². The zero-order chi connectivity index (χ0) is 21.8. The second-order valence-corrected chi connectivity index (χ2v) is 8.77. The first-order valence-corrected chi connectivity index (χ1v) is 11.9. The van der Waals surface area contributed by atoms with E-state index in [1.807, 2.05) is 70.2 Å². The first kappa shape index (κ1) is 20.3. The van der Waals surface area contributed by atoms with Gasteiger partial charge in [-0.15, -0.1) is 11.3 Å². The summed E-state index contributed by atoms with van der Waals surface area (Å²) in [6, 6.07) is 15.8. The predicted octanol–water partition coefficient (Wildman–Crippen LogP) is 4.98. The number of hydrogen-bond acceptors (Lipinski definition) is 6.